The smallest absolute Gasteiger partial charge is 0.264 e. The predicted molar refractivity (Wildman–Crippen MR) is 85.6 cm³/mol. The second-order valence-corrected chi connectivity index (χ2v) is 5.55. The molecule has 0 aliphatic heterocycles. The maximum atomic E-state index is 11.8. The van der Waals surface area contributed by atoms with E-state index in [1.165, 1.54) is 11.3 Å². The van der Waals surface area contributed by atoms with Crippen LogP contribution < -0.4 is 14.8 Å². The fourth-order valence-corrected chi connectivity index (χ4v) is 2.58. The Morgan fingerprint density at radius 1 is 1.14 bits per heavy atom. The highest BCUT2D eigenvalue weighted by Crippen LogP contribution is 2.18. The number of aryl methyl sites for hydroxylation is 1. The molecular weight excluding hydrogens is 302 g/mol. The van der Waals surface area contributed by atoms with Crippen LogP contribution in [0.2, 0.25) is 0 Å². The van der Waals surface area contributed by atoms with Crippen molar-refractivity contribution < 1.29 is 14.3 Å². The number of anilines is 1. The Morgan fingerprint density at radius 3 is 2.45 bits per heavy atom. The van der Waals surface area contributed by atoms with Gasteiger partial charge in [-0.3, -0.25) is 10.1 Å². The molecule has 2 aromatic rings. The molecular formula is C15H19N3O3S. The van der Waals surface area contributed by atoms with E-state index in [9.17, 15) is 4.79 Å². The highest BCUT2D eigenvalue weighted by Gasteiger charge is 2.08. The number of carbonyl (C=O) groups is 1. The Hall–Kier alpha value is -2.15. The summed E-state index contributed by atoms with van der Waals surface area (Å²) in [7, 11) is 0. The van der Waals surface area contributed by atoms with Crippen LogP contribution >= 0.6 is 11.3 Å². The van der Waals surface area contributed by atoms with Crippen LogP contribution in [0.25, 0.3) is 0 Å². The molecule has 0 fully saturated rings. The van der Waals surface area contributed by atoms with E-state index in [1.807, 2.05) is 6.92 Å². The number of carbonyl (C=O) groups excluding carboxylic acids is 1. The van der Waals surface area contributed by atoms with Crippen molar-refractivity contribution in [2.45, 2.75) is 26.7 Å². The van der Waals surface area contributed by atoms with E-state index in [1.54, 1.807) is 24.3 Å². The number of ether oxygens (including phenoxy) is 2. The minimum absolute atomic E-state index is 0.0727. The fourth-order valence-electron chi connectivity index (χ4n) is 1.72. The molecule has 118 valence electrons. The Bertz CT molecular complexity index is 598. The van der Waals surface area contributed by atoms with E-state index in [2.05, 4.69) is 22.4 Å². The lowest BCUT2D eigenvalue weighted by Crippen LogP contribution is -2.20. The highest BCUT2D eigenvalue weighted by atomic mass is 32.1. The van der Waals surface area contributed by atoms with Crippen molar-refractivity contribution in [3.05, 3.63) is 29.3 Å². The van der Waals surface area contributed by atoms with Crippen LogP contribution in [0, 0.1) is 0 Å². The normalized spacial score (nSPS) is 10.3. The molecule has 1 aromatic heterocycles. The van der Waals surface area contributed by atoms with Gasteiger partial charge in [0, 0.05) is 6.42 Å². The van der Waals surface area contributed by atoms with Gasteiger partial charge in [-0.05, 0) is 37.6 Å². The number of rotatable bonds is 8. The Labute approximate surface area is 133 Å². The standard InChI is InChI=1S/C15H19N3O3S/c1-3-5-14-17-18-15(22-14)16-13(19)10-21-12-8-6-11(7-9-12)20-4-2/h6-9H,3-5,10H2,1-2H3,(H,16,18,19). The maximum absolute atomic E-state index is 11.8. The first-order valence-electron chi connectivity index (χ1n) is 7.19. The lowest BCUT2D eigenvalue weighted by atomic mass is 10.3. The van der Waals surface area contributed by atoms with Crippen LogP contribution in [0.1, 0.15) is 25.3 Å². The van der Waals surface area contributed by atoms with Crippen molar-refractivity contribution in [2.75, 3.05) is 18.5 Å². The fraction of sp³-hybridized carbons (Fsp3) is 0.400. The van der Waals surface area contributed by atoms with Gasteiger partial charge in [-0.1, -0.05) is 18.3 Å². The van der Waals surface area contributed by atoms with Gasteiger partial charge in [-0.25, -0.2) is 0 Å². The van der Waals surface area contributed by atoms with Crippen LogP contribution in [0.3, 0.4) is 0 Å². The number of nitrogens with zero attached hydrogens (tertiary/aromatic N) is 2. The zero-order valence-corrected chi connectivity index (χ0v) is 13.5. The third-order valence-corrected chi connectivity index (χ3v) is 3.58. The molecule has 0 atom stereocenters. The van der Waals surface area contributed by atoms with E-state index < -0.39 is 0 Å². The zero-order valence-electron chi connectivity index (χ0n) is 12.7. The lowest BCUT2D eigenvalue weighted by molar-refractivity contribution is -0.118. The van der Waals surface area contributed by atoms with E-state index in [0.717, 1.165) is 23.6 Å². The summed E-state index contributed by atoms with van der Waals surface area (Å²) in [4.78, 5) is 11.8. The van der Waals surface area contributed by atoms with Gasteiger partial charge >= 0.3 is 0 Å². The van der Waals surface area contributed by atoms with E-state index in [0.29, 0.717) is 17.5 Å². The molecule has 0 radical (unpaired) electrons. The van der Waals surface area contributed by atoms with Crippen LogP contribution in [-0.4, -0.2) is 29.3 Å². The average molecular weight is 321 g/mol. The monoisotopic (exact) mass is 321 g/mol. The van der Waals surface area contributed by atoms with Gasteiger partial charge in [0.25, 0.3) is 5.91 Å². The molecule has 0 saturated carbocycles. The summed E-state index contributed by atoms with van der Waals surface area (Å²) in [6, 6.07) is 7.14. The van der Waals surface area contributed by atoms with Gasteiger partial charge in [-0.15, -0.1) is 10.2 Å². The van der Waals surface area contributed by atoms with Crippen molar-refractivity contribution in [3.63, 3.8) is 0 Å². The largest absolute Gasteiger partial charge is 0.494 e. The van der Waals surface area contributed by atoms with E-state index >= 15 is 0 Å². The zero-order chi connectivity index (χ0) is 15.8. The first-order chi connectivity index (χ1) is 10.7. The molecule has 0 saturated heterocycles. The van der Waals surface area contributed by atoms with E-state index in [-0.39, 0.29) is 12.5 Å². The minimum atomic E-state index is -0.256. The quantitative estimate of drug-likeness (QED) is 0.809. The summed E-state index contributed by atoms with van der Waals surface area (Å²) >= 11 is 1.39. The lowest BCUT2D eigenvalue weighted by Gasteiger charge is -2.07. The summed E-state index contributed by atoms with van der Waals surface area (Å²) in [5.74, 6) is 1.13. The molecule has 0 aliphatic rings. The number of aromatic nitrogens is 2. The van der Waals surface area contributed by atoms with Crippen molar-refractivity contribution in [1.82, 2.24) is 10.2 Å². The number of amides is 1. The number of nitrogens with one attached hydrogen (secondary N) is 1. The average Bonchev–Trinajstić information content (AvgIpc) is 2.94. The Kier molecular flexibility index (Phi) is 6.14. The summed E-state index contributed by atoms with van der Waals surface area (Å²) in [5.41, 5.74) is 0. The van der Waals surface area contributed by atoms with Gasteiger partial charge in [0.1, 0.15) is 16.5 Å². The SMILES string of the molecule is CCCc1nnc(NC(=O)COc2ccc(OCC)cc2)s1. The molecule has 7 heteroatoms. The van der Waals surface area contributed by atoms with Gasteiger partial charge in [0.05, 0.1) is 6.61 Å². The highest BCUT2D eigenvalue weighted by molar-refractivity contribution is 7.15. The third kappa shape index (κ3) is 5.00. The summed E-state index contributed by atoms with van der Waals surface area (Å²) < 4.78 is 10.8. The summed E-state index contributed by atoms with van der Waals surface area (Å²) in [6.45, 7) is 4.54. The Morgan fingerprint density at radius 2 is 1.82 bits per heavy atom. The predicted octanol–water partition coefficient (Wildman–Crippen LogP) is 2.91. The molecule has 0 aliphatic carbocycles. The van der Waals surface area contributed by atoms with Crippen LogP contribution in [0.15, 0.2) is 24.3 Å². The second kappa shape index (κ2) is 8.33. The number of benzene rings is 1. The summed E-state index contributed by atoms with van der Waals surface area (Å²) in [5, 5.41) is 12.0. The molecule has 0 bridgehead atoms. The van der Waals surface area contributed by atoms with Gasteiger partial charge in [-0.2, -0.15) is 0 Å². The summed E-state index contributed by atoms with van der Waals surface area (Å²) in [6.07, 6.45) is 1.87. The van der Waals surface area contributed by atoms with Gasteiger partial charge < -0.3 is 9.47 Å². The van der Waals surface area contributed by atoms with Gasteiger partial charge in [0.2, 0.25) is 5.13 Å². The van der Waals surface area contributed by atoms with E-state index in [4.69, 9.17) is 9.47 Å². The topological polar surface area (TPSA) is 73.3 Å². The Balaban J connectivity index is 1.79. The molecule has 0 spiro atoms. The minimum Gasteiger partial charge on any atom is -0.494 e. The van der Waals surface area contributed by atoms with Crippen molar-refractivity contribution in [1.29, 1.82) is 0 Å². The molecule has 1 amide bonds. The number of hydrogen-bond donors (Lipinski definition) is 1. The van der Waals surface area contributed by atoms with Crippen molar-refractivity contribution in [2.24, 2.45) is 0 Å². The first kappa shape index (κ1) is 16.2. The molecule has 0 unspecified atom stereocenters. The molecule has 1 aromatic carbocycles. The molecule has 1 heterocycles. The number of hydrogen-bond acceptors (Lipinski definition) is 6. The van der Waals surface area contributed by atoms with Crippen molar-refractivity contribution >= 4 is 22.4 Å². The second-order valence-electron chi connectivity index (χ2n) is 4.49. The van der Waals surface area contributed by atoms with Crippen LogP contribution in [-0.2, 0) is 11.2 Å². The van der Waals surface area contributed by atoms with Gasteiger partial charge in [0.15, 0.2) is 6.61 Å². The maximum Gasteiger partial charge on any atom is 0.264 e. The van der Waals surface area contributed by atoms with Crippen LogP contribution in [0.5, 0.6) is 11.5 Å². The molecule has 6 nitrogen and oxygen atoms in total. The van der Waals surface area contributed by atoms with Crippen LogP contribution in [0.4, 0.5) is 5.13 Å². The molecule has 22 heavy (non-hydrogen) atoms. The first-order valence-corrected chi connectivity index (χ1v) is 8.00. The third-order valence-electron chi connectivity index (χ3n) is 2.68. The van der Waals surface area contributed by atoms with Crippen molar-refractivity contribution in [3.8, 4) is 11.5 Å². The molecule has 1 N–H and O–H groups in total. The molecule has 2 rings (SSSR count).